The van der Waals surface area contributed by atoms with Crippen LogP contribution in [0.5, 0.6) is 0 Å². The van der Waals surface area contributed by atoms with Gasteiger partial charge in [0, 0.05) is 18.5 Å². The maximum atomic E-state index is 12.0. The van der Waals surface area contributed by atoms with E-state index in [1.165, 1.54) is 5.57 Å². The van der Waals surface area contributed by atoms with Gasteiger partial charge in [-0.15, -0.1) is 11.6 Å². The van der Waals surface area contributed by atoms with Crippen LogP contribution in [0, 0.1) is 0 Å². The van der Waals surface area contributed by atoms with Crippen molar-refractivity contribution in [2.24, 2.45) is 0 Å². The van der Waals surface area contributed by atoms with Gasteiger partial charge in [0.05, 0.1) is 5.57 Å². The molecule has 0 aromatic rings. The predicted molar refractivity (Wildman–Crippen MR) is 69.1 cm³/mol. The third-order valence-electron chi connectivity index (χ3n) is 3.41. The molecule has 0 radical (unpaired) electrons. The zero-order valence-electron chi connectivity index (χ0n) is 10.2. The highest BCUT2D eigenvalue weighted by molar-refractivity contribution is 6.20. The molecule has 2 rings (SSSR count). The van der Waals surface area contributed by atoms with Crippen molar-refractivity contribution in [1.29, 1.82) is 0 Å². The topological polar surface area (TPSA) is 60.8 Å². The van der Waals surface area contributed by atoms with E-state index in [1.807, 2.05) is 0 Å². The molecule has 1 aliphatic heterocycles. The molecule has 18 heavy (non-hydrogen) atoms. The molecule has 0 aromatic carbocycles. The van der Waals surface area contributed by atoms with Crippen molar-refractivity contribution in [2.75, 3.05) is 13.1 Å². The molecule has 100 valence electrons. The van der Waals surface area contributed by atoms with Crippen molar-refractivity contribution in [3.05, 3.63) is 23.3 Å². The zero-order chi connectivity index (χ0) is 13.1. The molecular formula is C13H18ClNO3. The van der Waals surface area contributed by atoms with E-state index < -0.39 is 6.29 Å². The van der Waals surface area contributed by atoms with E-state index in [0.29, 0.717) is 19.5 Å². The first-order valence-electron chi connectivity index (χ1n) is 6.25. The van der Waals surface area contributed by atoms with Crippen LogP contribution >= 0.6 is 11.6 Å². The number of carbonyl (C=O) groups excluding carboxylic acids is 1. The minimum atomic E-state index is -1.67. The molecule has 2 N–H and O–H groups in total. The first-order chi connectivity index (χ1) is 8.58. The minimum Gasteiger partial charge on any atom is -0.364 e. The summed E-state index contributed by atoms with van der Waals surface area (Å²) in [6.45, 7) is 1.21. The average Bonchev–Trinajstić information content (AvgIpc) is 2.34. The van der Waals surface area contributed by atoms with E-state index in [9.17, 15) is 4.79 Å². The van der Waals surface area contributed by atoms with Crippen LogP contribution in [-0.2, 0) is 4.79 Å². The fourth-order valence-corrected chi connectivity index (χ4v) is 2.56. The Balaban J connectivity index is 1.99. The Kier molecular flexibility index (Phi) is 4.43. The Morgan fingerprint density at radius 1 is 1.44 bits per heavy atom. The van der Waals surface area contributed by atoms with E-state index in [0.717, 1.165) is 19.3 Å². The molecule has 1 aliphatic carbocycles. The van der Waals surface area contributed by atoms with Crippen molar-refractivity contribution in [1.82, 2.24) is 4.90 Å². The summed E-state index contributed by atoms with van der Waals surface area (Å²) in [5.41, 5.74) is 1.31. The van der Waals surface area contributed by atoms with Gasteiger partial charge in [0.15, 0.2) is 6.29 Å². The molecule has 0 saturated heterocycles. The largest absolute Gasteiger partial charge is 0.364 e. The van der Waals surface area contributed by atoms with Crippen molar-refractivity contribution < 1.29 is 15.0 Å². The number of allylic oxidation sites excluding steroid dienone is 1. The van der Waals surface area contributed by atoms with Crippen LogP contribution in [0.4, 0.5) is 0 Å². The number of hydrogen-bond acceptors (Lipinski definition) is 3. The lowest BCUT2D eigenvalue weighted by molar-refractivity contribution is -0.131. The van der Waals surface area contributed by atoms with Gasteiger partial charge in [-0.25, -0.2) is 0 Å². The van der Waals surface area contributed by atoms with Gasteiger partial charge in [-0.2, -0.15) is 0 Å². The molecule has 5 heteroatoms. The van der Waals surface area contributed by atoms with Gasteiger partial charge in [0.2, 0.25) is 0 Å². The predicted octanol–water partition coefficient (Wildman–Crippen LogP) is 1.17. The lowest BCUT2D eigenvalue weighted by Crippen LogP contribution is -2.40. The van der Waals surface area contributed by atoms with Gasteiger partial charge in [0.25, 0.3) is 5.91 Å². The summed E-state index contributed by atoms with van der Waals surface area (Å²) in [5, 5.41) is 18.4. The molecule has 0 saturated carbocycles. The number of alkyl halides is 1. The Morgan fingerprint density at radius 2 is 2.22 bits per heavy atom. The number of amides is 1. The van der Waals surface area contributed by atoms with Gasteiger partial charge in [-0.05, 0) is 25.7 Å². The molecule has 1 heterocycles. The van der Waals surface area contributed by atoms with Crippen LogP contribution in [-0.4, -0.2) is 45.8 Å². The smallest absolute Gasteiger partial charge is 0.254 e. The van der Waals surface area contributed by atoms with Gasteiger partial charge < -0.3 is 15.1 Å². The maximum Gasteiger partial charge on any atom is 0.254 e. The van der Waals surface area contributed by atoms with Crippen LogP contribution < -0.4 is 0 Å². The number of carbonyl (C=O) groups is 1. The second kappa shape index (κ2) is 5.87. The van der Waals surface area contributed by atoms with Gasteiger partial charge in [-0.3, -0.25) is 4.79 Å². The van der Waals surface area contributed by atoms with Crippen molar-refractivity contribution >= 4 is 17.5 Å². The van der Waals surface area contributed by atoms with Crippen molar-refractivity contribution in [3.63, 3.8) is 0 Å². The summed E-state index contributed by atoms with van der Waals surface area (Å²) in [6, 6.07) is 0. The summed E-state index contributed by atoms with van der Waals surface area (Å²) in [4.78, 5) is 13.7. The van der Waals surface area contributed by atoms with E-state index >= 15 is 0 Å². The minimum absolute atomic E-state index is 0.0906. The Labute approximate surface area is 112 Å². The Bertz CT molecular complexity index is 390. The molecule has 1 atom stereocenters. The lowest BCUT2D eigenvalue weighted by Gasteiger charge is -2.30. The lowest BCUT2D eigenvalue weighted by atomic mass is 9.98. The van der Waals surface area contributed by atoms with Crippen molar-refractivity contribution in [3.8, 4) is 0 Å². The van der Waals surface area contributed by atoms with Gasteiger partial charge in [-0.1, -0.05) is 17.7 Å². The molecular weight excluding hydrogens is 254 g/mol. The number of halogens is 1. The molecule has 1 unspecified atom stereocenters. The summed E-state index contributed by atoms with van der Waals surface area (Å²) >= 11 is 6.02. The van der Waals surface area contributed by atoms with Crippen LogP contribution in [0.25, 0.3) is 0 Å². The van der Waals surface area contributed by atoms with E-state index in [2.05, 4.69) is 6.08 Å². The normalized spacial score (nSPS) is 25.2. The van der Waals surface area contributed by atoms with Crippen LogP contribution in [0.2, 0.25) is 0 Å². The second-order valence-electron chi connectivity index (χ2n) is 4.78. The summed E-state index contributed by atoms with van der Waals surface area (Å²) in [6.07, 6.45) is 5.41. The average molecular weight is 272 g/mol. The first-order valence-corrected chi connectivity index (χ1v) is 6.69. The number of nitrogens with zero attached hydrogens (tertiary/aromatic N) is 1. The standard InChI is InChI=1S/C13H18ClNO3/c14-10-5-3-9(4-6-10)8-15-7-1-2-11(12(15)16)13(17)18/h2-3,10,13,17-18H,1,4-8H2. The van der Waals surface area contributed by atoms with Gasteiger partial charge in [0.1, 0.15) is 0 Å². The SMILES string of the molecule is O=C1C(C(O)O)=CCCN1CC1=CCC(Cl)CC1. The first kappa shape index (κ1) is 13.6. The molecule has 1 amide bonds. The highest BCUT2D eigenvalue weighted by Crippen LogP contribution is 2.24. The molecule has 4 nitrogen and oxygen atoms in total. The number of aliphatic hydroxyl groups is 2. The highest BCUT2D eigenvalue weighted by atomic mass is 35.5. The van der Waals surface area contributed by atoms with Crippen LogP contribution in [0.15, 0.2) is 23.3 Å². The number of aliphatic hydroxyl groups excluding tert-OH is 1. The maximum absolute atomic E-state index is 12.0. The zero-order valence-corrected chi connectivity index (χ0v) is 10.9. The second-order valence-corrected chi connectivity index (χ2v) is 5.40. The Hall–Kier alpha value is -0.840. The quantitative estimate of drug-likeness (QED) is 0.460. The monoisotopic (exact) mass is 271 g/mol. The third-order valence-corrected chi connectivity index (χ3v) is 3.81. The van der Waals surface area contributed by atoms with E-state index in [4.69, 9.17) is 21.8 Å². The molecule has 0 fully saturated rings. The third kappa shape index (κ3) is 3.13. The fourth-order valence-electron chi connectivity index (χ4n) is 2.36. The fraction of sp³-hybridized carbons (Fsp3) is 0.615. The molecule has 0 aromatic heterocycles. The van der Waals surface area contributed by atoms with Gasteiger partial charge >= 0.3 is 0 Å². The molecule has 0 spiro atoms. The highest BCUT2D eigenvalue weighted by Gasteiger charge is 2.26. The number of hydrogen-bond donors (Lipinski definition) is 2. The summed E-state index contributed by atoms with van der Waals surface area (Å²) in [7, 11) is 0. The summed E-state index contributed by atoms with van der Waals surface area (Å²) < 4.78 is 0. The van der Waals surface area contributed by atoms with Crippen molar-refractivity contribution in [2.45, 2.75) is 37.4 Å². The summed E-state index contributed by atoms with van der Waals surface area (Å²) in [5.74, 6) is -0.273. The molecule has 2 aliphatic rings. The molecule has 0 bridgehead atoms. The number of rotatable bonds is 3. The van der Waals surface area contributed by atoms with Crippen LogP contribution in [0.3, 0.4) is 0 Å². The van der Waals surface area contributed by atoms with E-state index in [-0.39, 0.29) is 16.9 Å². The van der Waals surface area contributed by atoms with Crippen LogP contribution in [0.1, 0.15) is 25.7 Å². The van der Waals surface area contributed by atoms with E-state index in [1.54, 1.807) is 11.0 Å². The Morgan fingerprint density at radius 3 is 2.83 bits per heavy atom.